The number of anilines is 1. The standard InChI is InChI=1S/C28H30N4O6/c1-29-27(36)23(17-18-8-4-2-5-9-18)31-26(35)22(24(33)28(37)32-38)16-19-12-14-21(15-13-19)30-25(34)20-10-6-3-7-11-20/h2-15,22-24,33,38H,16-17H2,1H3,(H,29,36)(H,30,34)(H,31,35)(H,32,37)/t22-,23+,24+/m1/s1. The van der Waals surface area contributed by atoms with Gasteiger partial charge in [0.2, 0.25) is 11.8 Å². The predicted molar refractivity (Wildman–Crippen MR) is 140 cm³/mol. The summed E-state index contributed by atoms with van der Waals surface area (Å²) in [5, 5.41) is 27.4. The molecule has 6 N–H and O–H groups in total. The largest absolute Gasteiger partial charge is 0.382 e. The Morgan fingerprint density at radius 1 is 0.737 bits per heavy atom. The fraction of sp³-hybridized carbons (Fsp3) is 0.214. The topological polar surface area (TPSA) is 157 Å². The van der Waals surface area contributed by atoms with E-state index in [2.05, 4.69) is 16.0 Å². The zero-order valence-corrected chi connectivity index (χ0v) is 20.8. The van der Waals surface area contributed by atoms with Crippen molar-refractivity contribution in [3.63, 3.8) is 0 Å². The average molecular weight is 519 g/mol. The number of hydrogen-bond acceptors (Lipinski definition) is 6. The third-order valence-corrected chi connectivity index (χ3v) is 5.96. The summed E-state index contributed by atoms with van der Waals surface area (Å²) in [5.41, 5.74) is 3.75. The first-order valence-corrected chi connectivity index (χ1v) is 12.0. The number of hydrogen-bond donors (Lipinski definition) is 6. The molecule has 0 saturated carbocycles. The maximum atomic E-state index is 13.2. The van der Waals surface area contributed by atoms with E-state index in [0.29, 0.717) is 16.8 Å². The van der Waals surface area contributed by atoms with Gasteiger partial charge in [-0.25, -0.2) is 5.48 Å². The molecule has 0 spiro atoms. The molecular formula is C28H30N4O6. The average Bonchev–Trinajstić information content (AvgIpc) is 2.96. The van der Waals surface area contributed by atoms with Crippen LogP contribution in [0.4, 0.5) is 5.69 Å². The van der Waals surface area contributed by atoms with Crippen LogP contribution in [0.1, 0.15) is 21.5 Å². The molecule has 0 saturated heterocycles. The van der Waals surface area contributed by atoms with Crippen molar-refractivity contribution in [1.29, 1.82) is 0 Å². The van der Waals surface area contributed by atoms with Crippen molar-refractivity contribution in [2.45, 2.75) is 25.0 Å². The predicted octanol–water partition coefficient (Wildman–Crippen LogP) is 1.44. The van der Waals surface area contributed by atoms with Crippen molar-refractivity contribution in [2.75, 3.05) is 12.4 Å². The quantitative estimate of drug-likeness (QED) is 0.167. The molecule has 38 heavy (non-hydrogen) atoms. The molecular weight excluding hydrogens is 488 g/mol. The van der Waals surface area contributed by atoms with Crippen LogP contribution in [0, 0.1) is 5.92 Å². The van der Waals surface area contributed by atoms with E-state index in [1.807, 2.05) is 36.4 Å². The fourth-order valence-corrected chi connectivity index (χ4v) is 3.88. The second kappa shape index (κ2) is 13.7. The number of nitrogens with one attached hydrogen (secondary N) is 4. The van der Waals surface area contributed by atoms with Gasteiger partial charge in [0.15, 0.2) is 0 Å². The van der Waals surface area contributed by atoms with Gasteiger partial charge in [0, 0.05) is 24.7 Å². The fourth-order valence-electron chi connectivity index (χ4n) is 3.88. The Hall–Kier alpha value is -4.54. The van der Waals surface area contributed by atoms with Gasteiger partial charge in [-0.3, -0.25) is 24.4 Å². The highest BCUT2D eigenvalue weighted by molar-refractivity contribution is 6.04. The Balaban J connectivity index is 1.75. The lowest BCUT2D eigenvalue weighted by Gasteiger charge is -2.24. The molecule has 0 aliphatic rings. The third-order valence-electron chi connectivity index (χ3n) is 5.96. The number of hydroxylamine groups is 1. The van der Waals surface area contributed by atoms with Crippen LogP contribution in [0.5, 0.6) is 0 Å². The molecule has 0 heterocycles. The summed E-state index contributed by atoms with van der Waals surface area (Å²) in [5.74, 6) is -3.96. The summed E-state index contributed by atoms with van der Waals surface area (Å²) in [6, 6.07) is 23.3. The van der Waals surface area contributed by atoms with Crippen molar-refractivity contribution in [2.24, 2.45) is 5.92 Å². The summed E-state index contributed by atoms with van der Waals surface area (Å²) < 4.78 is 0. The molecule has 3 atom stereocenters. The molecule has 0 fully saturated rings. The molecule has 0 radical (unpaired) electrons. The number of rotatable bonds is 11. The monoisotopic (exact) mass is 518 g/mol. The zero-order chi connectivity index (χ0) is 27.5. The van der Waals surface area contributed by atoms with Crippen molar-refractivity contribution in [1.82, 2.24) is 16.1 Å². The summed E-state index contributed by atoms with van der Waals surface area (Å²) in [7, 11) is 1.44. The molecule has 10 heteroatoms. The van der Waals surface area contributed by atoms with E-state index < -0.39 is 35.8 Å². The van der Waals surface area contributed by atoms with Gasteiger partial charge in [-0.1, -0.05) is 60.7 Å². The molecule has 3 aromatic rings. The van der Waals surface area contributed by atoms with Gasteiger partial charge >= 0.3 is 0 Å². The number of likely N-dealkylation sites (N-methyl/N-ethyl adjacent to an activating group) is 1. The first-order valence-electron chi connectivity index (χ1n) is 12.0. The van der Waals surface area contributed by atoms with Crippen LogP contribution in [0.15, 0.2) is 84.9 Å². The van der Waals surface area contributed by atoms with Gasteiger partial charge < -0.3 is 21.1 Å². The van der Waals surface area contributed by atoms with Crippen molar-refractivity contribution >= 4 is 29.3 Å². The molecule has 0 aromatic heterocycles. The van der Waals surface area contributed by atoms with E-state index in [0.717, 1.165) is 5.56 Å². The van der Waals surface area contributed by atoms with Gasteiger partial charge in [-0.05, 0) is 41.8 Å². The van der Waals surface area contributed by atoms with Crippen molar-refractivity contribution < 1.29 is 29.5 Å². The van der Waals surface area contributed by atoms with E-state index in [-0.39, 0.29) is 18.7 Å². The van der Waals surface area contributed by atoms with Crippen LogP contribution in [-0.4, -0.2) is 53.1 Å². The number of aliphatic hydroxyl groups is 1. The minimum Gasteiger partial charge on any atom is -0.382 e. The van der Waals surface area contributed by atoms with Gasteiger partial charge in [-0.2, -0.15) is 0 Å². The zero-order valence-electron chi connectivity index (χ0n) is 20.8. The third kappa shape index (κ3) is 7.73. The highest BCUT2D eigenvalue weighted by Crippen LogP contribution is 2.18. The van der Waals surface area contributed by atoms with Gasteiger partial charge in [0.25, 0.3) is 11.8 Å². The summed E-state index contributed by atoms with van der Waals surface area (Å²) in [4.78, 5) is 50.1. The van der Waals surface area contributed by atoms with E-state index in [9.17, 15) is 24.3 Å². The summed E-state index contributed by atoms with van der Waals surface area (Å²) in [6.45, 7) is 0. The molecule has 198 valence electrons. The van der Waals surface area contributed by atoms with Crippen LogP contribution in [0.25, 0.3) is 0 Å². The van der Waals surface area contributed by atoms with Crippen molar-refractivity contribution in [3.05, 3.63) is 102 Å². The molecule has 0 bridgehead atoms. The molecule has 3 rings (SSSR count). The molecule has 0 unspecified atom stereocenters. The van der Waals surface area contributed by atoms with E-state index in [4.69, 9.17) is 5.21 Å². The van der Waals surface area contributed by atoms with Gasteiger partial charge in [0.1, 0.15) is 12.1 Å². The molecule has 10 nitrogen and oxygen atoms in total. The Bertz CT molecular complexity index is 1240. The van der Waals surface area contributed by atoms with E-state index in [1.165, 1.54) is 12.5 Å². The smallest absolute Gasteiger partial charge is 0.272 e. The normalized spacial score (nSPS) is 12.9. The Morgan fingerprint density at radius 3 is 1.89 bits per heavy atom. The number of carbonyl (C=O) groups excluding carboxylic acids is 4. The lowest BCUT2D eigenvalue weighted by Crippen LogP contribution is -2.52. The summed E-state index contributed by atoms with van der Waals surface area (Å²) in [6.07, 6.45) is -1.78. The number of carbonyl (C=O) groups is 4. The second-order valence-corrected chi connectivity index (χ2v) is 8.61. The molecule has 3 aromatic carbocycles. The second-order valence-electron chi connectivity index (χ2n) is 8.61. The van der Waals surface area contributed by atoms with Crippen LogP contribution < -0.4 is 21.4 Å². The lowest BCUT2D eigenvalue weighted by atomic mass is 9.91. The van der Waals surface area contributed by atoms with Crippen LogP contribution in [-0.2, 0) is 27.2 Å². The highest BCUT2D eigenvalue weighted by Gasteiger charge is 2.34. The molecule has 0 aliphatic heterocycles. The maximum Gasteiger partial charge on any atom is 0.272 e. The highest BCUT2D eigenvalue weighted by atomic mass is 16.5. The minimum absolute atomic E-state index is 0.0842. The Labute approximate surface area is 220 Å². The minimum atomic E-state index is -1.89. The Kier molecular flexibility index (Phi) is 10.1. The van der Waals surface area contributed by atoms with Gasteiger partial charge in [-0.15, -0.1) is 0 Å². The molecule has 0 aliphatic carbocycles. The number of aliphatic hydroxyl groups excluding tert-OH is 1. The number of amides is 4. The van der Waals surface area contributed by atoms with E-state index in [1.54, 1.807) is 48.5 Å². The van der Waals surface area contributed by atoms with Crippen LogP contribution in [0.2, 0.25) is 0 Å². The van der Waals surface area contributed by atoms with E-state index >= 15 is 0 Å². The first-order chi connectivity index (χ1) is 18.3. The van der Waals surface area contributed by atoms with Gasteiger partial charge in [0.05, 0.1) is 5.92 Å². The summed E-state index contributed by atoms with van der Waals surface area (Å²) >= 11 is 0. The number of benzene rings is 3. The van der Waals surface area contributed by atoms with Crippen LogP contribution in [0.3, 0.4) is 0 Å². The lowest BCUT2D eigenvalue weighted by molar-refractivity contribution is -0.146. The van der Waals surface area contributed by atoms with Crippen LogP contribution >= 0.6 is 0 Å². The molecule has 4 amide bonds. The van der Waals surface area contributed by atoms with Crippen molar-refractivity contribution in [3.8, 4) is 0 Å². The first kappa shape index (κ1) is 28.0. The maximum absolute atomic E-state index is 13.2. The Morgan fingerprint density at radius 2 is 1.32 bits per heavy atom. The SMILES string of the molecule is CNC(=O)[C@H](Cc1ccccc1)NC(=O)[C@H](Cc1ccc(NC(=O)c2ccccc2)cc1)[C@H](O)C(=O)NO.